The molecular formula is C13H19N3O3. The van der Waals surface area contributed by atoms with Gasteiger partial charge >= 0.3 is 5.97 Å². The summed E-state index contributed by atoms with van der Waals surface area (Å²) in [7, 11) is 0. The number of carboxylic acid groups (broad SMARTS) is 1. The van der Waals surface area contributed by atoms with Gasteiger partial charge in [-0.15, -0.1) is 0 Å². The second kappa shape index (κ2) is 6.26. The topological polar surface area (TPSA) is 92.2 Å². The molecule has 0 atom stereocenters. The van der Waals surface area contributed by atoms with Crippen LogP contribution in [0.3, 0.4) is 0 Å². The van der Waals surface area contributed by atoms with Crippen LogP contribution in [0.15, 0.2) is 12.4 Å². The summed E-state index contributed by atoms with van der Waals surface area (Å²) in [6, 6.07) is 0. The molecule has 0 saturated carbocycles. The standard InChI is InChI=1S/C13H19N3O3/c1-4-13(5-2,12(18)19)8-16-11(17)10-7-14-9(3)6-15-10/h6-7H,4-5,8H2,1-3H3,(H,16,17)(H,18,19). The minimum atomic E-state index is -0.923. The van der Waals surface area contributed by atoms with E-state index in [0.29, 0.717) is 12.8 Å². The summed E-state index contributed by atoms with van der Waals surface area (Å²) in [5, 5.41) is 11.9. The second-order valence-electron chi connectivity index (χ2n) is 4.52. The third kappa shape index (κ3) is 3.49. The first-order valence-electron chi connectivity index (χ1n) is 6.25. The van der Waals surface area contributed by atoms with Crippen molar-refractivity contribution < 1.29 is 14.7 Å². The van der Waals surface area contributed by atoms with Crippen LogP contribution in [0.1, 0.15) is 42.9 Å². The van der Waals surface area contributed by atoms with Gasteiger partial charge in [0.1, 0.15) is 5.69 Å². The van der Waals surface area contributed by atoms with Gasteiger partial charge in [0.2, 0.25) is 0 Å². The molecule has 0 bridgehead atoms. The molecule has 0 unspecified atom stereocenters. The summed E-state index contributed by atoms with van der Waals surface area (Å²) < 4.78 is 0. The van der Waals surface area contributed by atoms with Crippen LogP contribution in [0.2, 0.25) is 0 Å². The minimum Gasteiger partial charge on any atom is -0.481 e. The van der Waals surface area contributed by atoms with Crippen molar-refractivity contribution in [1.82, 2.24) is 15.3 Å². The van der Waals surface area contributed by atoms with E-state index in [2.05, 4.69) is 15.3 Å². The number of rotatable bonds is 6. The maximum atomic E-state index is 11.9. The zero-order chi connectivity index (χ0) is 14.5. The quantitative estimate of drug-likeness (QED) is 0.811. The molecule has 1 amide bonds. The Labute approximate surface area is 112 Å². The van der Waals surface area contributed by atoms with Crippen LogP contribution in [0, 0.1) is 12.3 Å². The van der Waals surface area contributed by atoms with E-state index in [0.717, 1.165) is 5.69 Å². The first-order valence-corrected chi connectivity index (χ1v) is 6.25. The lowest BCUT2D eigenvalue weighted by Gasteiger charge is -2.26. The third-order valence-electron chi connectivity index (χ3n) is 3.41. The van der Waals surface area contributed by atoms with Crippen LogP contribution < -0.4 is 5.32 Å². The molecule has 19 heavy (non-hydrogen) atoms. The zero-order valence-electron chi connectivity index (χ0n) is 11.4. The van der Waals surface area contributed by atoms with Gasteiger partial charge in [-0.1, -0.05) is 13.8 Å². The summed E-state index contributed by atoms with van der Waals surface area (Å²) in [5.41, 5.74) is -0.0102. The normalized spacial score (nSPS) is 11.1. The Morgan fingerprint density at radius 3 is 2.32 bits per heavy atom. The summed E-state index contributed by atoms with van der Waals surface area (Å²) in [4.78, 5) is 31.1. The van der Waals surface area contributed by atoms with Crippen molar-refractivity contribution in [3.63, 3.8) is 0 Å². The summed E-state index contributed by atoms with van der Waals surface area (Å²) >= 11 is 0. The van der Waals surface area contributed by atoms with Crippen LogP contribution in [-0.2, 0) is 4.79 Å². The fraction of sp³-hybridized carbons (Fsp3) is 0.538. The fourth-order valence-corrected chi connectivity index (χ4v) is 1.73. The van der Waals surface area contributed by atoms with Gasteiger partial charge in [0, 0.05) is 12.7 Å². The van der Waals surface area contributed by atoms with E-state index in [9.17, 15) is 14.7 Å². The first kappa shape index (κ1) is 15.1. The zero-order valence-corrected chi connectivity index (χ0v) is 11.4. The van der Waals surface area contributed by atoms with Crippen LogP contribution in [0.5, 0.6) is 0 Å². The van der Waals surface area contributed by atoms with E-state index in [1.165, 1.54) is 12.4 Å². The lowest BCUT2D eigenvalue weighted by molar-refractivity contribution is -0.149. The van der Waals surface area contributed by atoms with E-state index >= 15 is 0 Å². The van der Waals surface area contributed by atoms with Gasteiger partial charge in [0.05, 0.1) is 17.3 Å². The molecule has 0 fully saturated rings. The van der Waals surface area contributed by atoms with E-state index in [4.69, 9.17) is 0 Å². The molecule has 1 aromatic rings. The van der Waals surface area contributed by atoms with Crippen molar-refractivity contribution in [1.29, 1.82) is 0 Å². The number of amides is 1. The van der Waals surface area contributed by atoms with Crippen molar-refractivity contribution in [2.45, 2.75) is 33.6 Å². The van der Waals surface area contributed by atoms with Crippen LogP contribution in [0.25, 0.3) is 0 Å². The number of hydrogen-bond acceptors (Lipinski definition) is 4. The summed E-state index contributed by atoms with van der Waals surface area (Å²) in [5.74, 6) is -1.30. The van der Waals surface area contributed by atoms with Crippen molar-refractivity contribution in [2.75, 3.05) is 6.54 Å². The number of aryl methyl sites for hydroxylation is 1. The molecule has 6 nitrogen and oxygen atoms in total. The summed E-state index contributed by atoms with van der Waals surface area (Å²) in [6.45, 7) is 5.47. The second-order valence-corrected chi connectivity index (χ2v) is 4.52. The van der Waals surface area contributed by atoms with Gasteiger partial charge in [0.15, 0.2) is 0 Å². The van der Waals surface area contributed by atoms with Crippen molar-refractivity contribution >= 4 is 11.9 Å². The third-order valence-corrected chi connectivity index (χ3v) is 3.41. The Kier molecular flexibility index (Phi) is 4.97. The predicted molar refractivity (Wildman–Crippen MR) is 69.8 cm³/mol. The van der Waals surface area contributed by atoms with Gasteiger partial charge in [-0.3, -0.25) is 14.6 Å². The molecule has 0 saturated heterocycles. The number of aliphatic carboxylic acids is 1. The first-order chi connectivity index (χ1) is 8.95. The van der Waals surface area contributed by atoms with Crippen LogP contribution in [0.4, 0.5) is 0 Å². The molecule has 0 radical (unpaired) electrons. The lowest BCUT2D eigenvalue weighted by Crippen LogP contribution is -2.42. The highest BCUT2D eigenvalue weighted by Gasteiger charge is 2.35. The Bertz CT molecular complexity index is 453. The van der Waals surface area contributed by atoms with Crippen molar-refractivity contribution in [3.8, 4) is 0 Å². The van der Waals surface area contributed by atoms with Gasteiger partial charge in [-0.05, 0) is 19.8 Å². The van der Waals surface area contributed by atoms with Gasteiger partial charge in [-0.25, -0.2) is 4.98 Å². The summed E-state index contributed by atoms with van der Waals surface area (Å²) in [6.07, 6.45) is 3.79. The predicted octanol–water partition coefficient (Wildman–Crippen LogP) is 1.41. The molecule has 0 aliphatic rings. The maximum absolute atomic E-state index is 11.9. The van der Waals surface area contributed by atoms with Gasteiger partial charge in [0.25, 0.3) is 5.91 Å². The van der Waals surface area contributed by atoms with E-state index in [1.54, 1.807) is 20.8 Å². The highest BCUT2D eigenvalue weighted by Crippen LogP contribution is 2.25. The van der Waals surface area contributed by atoms with E-state index < -0.39 is 17.3 Å². The molecule has 2 N–H and O–H groups in total. The maximum Gasteiger partial charge on any atom is 0.311 e. The smallest absolute Gasteiger partial charge is 0.311 e. The Balaban J connectivity index is 2.72. The SMILES string of the molecule is CCC(CC)(CNC(=O)c1cnc(C)cn1)C(=O)O. The minimum absolute atomic E-state index is 0.0870. The largest absolute Gasteiger partial charge is 0.481 e. The molecule has 1 rings (SSSR count). The van der Waals surface area contributed by atoms with Crippen LogP contribution in [-0.4, -0.2) is 33.5 Å². The van der Waals surface area contributed by atoms with Crippen molar-refractivity contribution in [2.24, 2.45) is 5.41 Å². The van der Waals surface area contributed by atoms with E-state index in [1.807, 2.05) is 0 Å². The molecule has 6 heteroatoms. The van der Waals surface area contributed by atoms with E-state index in [-0.39, 0.29) is 12.2 Å². The molecule has 1 heterocycles. The molecule has 0 aliphatic heterocycles. The van der Waals surface area contributed by atoms with Crippen molar-refractivity contribution in [3.05, 3.63) is 23.8 Å². The fourth-order valence-electron chi connectivity index (χ4n) is 1.73. The molecule has 104 valence electrons. The number of carboxylic acids is 1. The Morgan fingerprint density at radius 1 is 1.26 bits per heavy atom. The molecule has 1 aromatic heterocycles. The highest BCUT2D eigenvalue weighted by molar-refractivity contribution is 5.92. The van der Waals surface area contributed by atoms with Gasteiger partial charge < -0.3 is 10.4 Å². The van der Waals surface area contributed by atoms with Gasteiger partial charge in [-0.2, -0.15) is 0 Å². The molecule has 0 aromatic carbocycles. The number of aromatic nitrogens is 2. The lowest BCUT2D eigenvalue weighted by atomic mass is 9.82. The molecular weight excluding hydrogens is 246 g/mol. The number of nitrogens with zero attached hydrogens (tertiary/aromatic N) is 2. The molecule has 0 aliphatic carbocycles. The number of carbonyl (C=O) groups excluding carboxylic acids is 1. The number of carbonyl (C=O) groups is 2. The average Bonchev–Trinajstić information content (AvgIpc) is 2.40. The van der Waals surface area contributed by atoms with Crippen LogP contribution >= 0.6 is 0 Å². The number of hydrogen-bond donors (Lipinski definition) is 2. The highest BCUT2D eigenvalue weighted by atomic mass is 16.4. The number of nitrogens with one attached hydrogen (secondary N) is 1. The average molecular weight is 265 g/mol. The Hall–Kier alpha value is -1.98. The Morgan fingerprint density at radius 2 is 1.89 bits per heavy atom. The monoisotopic (exact) mass is 265 g/mol. The molecule has 0 spiro atoms.